The van der Waals surface area contributed by atoms with Crippen molar-refractivity contribution in [2.45, 2.75) is 128 Å². The summed E-state index contributed by atoms with van der Waals surface area (Å²) in [6.07, 6.45) is 14.7. The molecule has 416 valence electrons. The molecule has 4 aliphatic rings. The molecule has 19 nitrogen and oxygen atoms in total. The van der Waals surface area contributed by atoms with Crippen molar-refractivity contribution in [1.29, 1.82) is 0 Å². The third-order valence-corrected chi connectivity index (χ3v) is 16.9. The number of pyridine rings is 2. The van der Waals surface area contributed by atoms with Crippen LogP contribution >= 0.6 is 11.3 Å². The predicted octanol–water partition coefficient (Wildman–Crippen LogP) is 6.58. The van der Waals surface area contributed by atoms with Crippen LogP contribution in [0.25, 0.3) is 11.0 Å². The SMILES string of the molecule is CN[C@@H](C)C(=O)N[C@H](C(=O)N1CCC[C@H]1c1nc(C(=O)c2cccc(OCCOCCOCCC(=O)N3CCN(c4ccc(Cc5ncc6c(C)c(C(C)=O)c(=O)n(C7CCCC7)c6n5)nc4)CC3)c2)cs1)C1CCCCC1. The molecule has 0 bridgehead atoms. The molecule has 4 aromatic heterocycles. The average molecular weight is 1090 g/mol. The molecule has 4 fully saturated rings. The first-order valence-electron chi connectivity index (χ1n) is 27.9. The lowest BCUT2D eigenvalue weighted by Gasteiger charge is -2.36. The minimum atomic E-state index is -0.590. The molecule has 5 aromatic rings. The molecule has 1 aromatic carbocycles. The standard InChI is InChI=1S/C58H74N10O9S/c1-37-46-35-61-49(63-54(46)68(43-15-8-9-16-43)57(73)51(37)39(3)69)33-42-19-20-44(34-60-42)65-23-25-66(26-24-65)50(70)21-27-75-28-29-76-30-31-77-45-17-10-14-41(32-45)53(71)47-36-78-56(62-47)48-18-11-22-67(48)58(74)52(40-12-6-5-7-13-40)64-55(72)38(2)59-4/h10,14,17,19-20,32,34-36,38,40,43,48,52,59H,5-9,11-13,15-16,18,21-31,33H2,1-4H3,(H,64,72)/t38-,48-,52-/m0/s1. The number of ketones is 2. The van der Waals surface area contributed by atoms with Gasteiger partial charge in [-0.25, -0.2) is 15.0 Å². The highest BCUT2D eigenvalue weighted by Crippen LogP contribution is 2.37. The van der Waals surface area contributed by atoms with E-state index in [1.807, 2.05) is 28.1 Å². The smallest absolute Gasteiger partial charge is 0.263 e. The van der Waals surface area contributed by atoms with E-state index in [1.165, 1.54) is 18.3 Å². The van der Waals surface area contributed by atoms with E-state index in [2.05, 4.69) is 20.5 Å². The molecule has 2 saturated heterocycles. The van der Waals surface area contributed by atoms with Crippen LogP contribution in [0.2, 0.25) is 0 Å². The van der Waals surface area contributed by atoms with Gasteiger partial charge in [0, 0.05) is 67.0 Å². The van der Waals surface area contributed by atoms with Crippen molar-refractivity contribution in [3.8, 4) is 5.75 Å². The van der Waals surface area contributed by atoms with Crippen LogP contribution in [0.5, 0.6) is 5.75 Å². The number of benzene rings is 1. The Morgan fingerprint density at radius 1 is 0.821 bits per heavy atom. The Balaban J connectivity index is 0.662. The molecular formula is C58H74N10O9S. The maximum Gasteiger partial charge on any atom is 0.263 e. The molecule has 0 spiro atoms. The number of rotatable bonds is 23. The minimum Gasteiger partial charge on any atom is -0.491 e. The average Bonchev–Trinajstić information content (AvgIpc) is 4.29. The van der Waals surface area contributed by atoms with Gasteiger partial charge in [0.1, 0.15) is 40.6 Å². The van der Waals surface area contributed by atoms with Gasteiger partial charge in [-0.2, -0.15) is 0 Å². The van der Waals surface area contributed by atoms with E-state index in [0.29, 0.717) is 99.6 Å². The summed E-state index contributed by atoms with van der Waals surface area (Å²) in [6.45, 7) is 9.68. The second kappa shape index (κ2) is 26.4. The van der Waals surface area contributed by atoms with Crippen LogP contribution in [0, 0.1) is 12.8 Å². The molecule has 0 radical (unpaired) electrons. The predicted molar refractivity (Wildman–Crippen MR) is 296 cm³/mol. The van der Waals surface area contributed by atoms with E-state index in [9.17, 15) is 28.8 Å². The van der Waals surface area contributed by atoms with Gasteiger partial charge in [-0.3, -0.25) is 38.3 Å². The van der Waals surface area contributed by atoms with Gasteiger partial charge in [0.2, 0.25) is 23.5 Å². The van der Waals surface area contributed by atoms with Gasteiger partial charge in [-0.1, -0.05) is 44.2 Å². The van der Waals surface area contributed by atoms with E-state index < -0.39 is 12.1 Å². The van der Waals surface area contributed by atoms with E-state index in [-0.39, 0.29) is 71.4 Å². The topological polar surface area (TPSA) is 220 Å². The number of nitrogens with one attached hydrogen (secondary N) is 2. The fraction of sp³-hybridized carbons (Fsp3) is 0.552. The number of anilines is 1. The number of amides is 3. The van der Waals surface area contributed by atoms with Crippen LogP contribution in [0.4, 0.5) is 5.69 Å². The first-order chi connectivity index (χ1) is 37.9. The van der Waals surface area contributed by atoms with Crippen LogP contribution in [0.1, 0.15) is 151 Å². The molecular weight excluding hydrogens is 1010 g/mol. The third kappa shape index (κ3) is 13.3. The van der Waals surface area contributed by atoms with Crippen molar-refractivity contribution >= 4 is 57.3 Å². The highest BCUT2D eigenvalue weighted by Gasteiger charge is 2.40. The number of likely N-dealkylation sites (tertiary alicyclic amines) is 1. The van der Waals surface area contributed by atoms with Crippen LogP contribution < -0.4 is 25.8 Å². The van der Waals surface area contributed by atoms with Gasteiger partial charge in [-0.05, 0) is 102 Å². The van der Waals surface area contributed by atoms with Crippen LogP contribution in [0.3, 0.4) is 0 Å². The first-order valence-corrected chi connectivity index (χ1v) is 28.8. The number of piperazine rings is 1. The number of likely N-dealkylation sites (N-methyl/N-ethyl adjacent to an activating group) is 1. The molecule has 0 unspecified atom stereocenters. The van der Waals surface area contributed by atoms with Crippen LogP contribution in [0.15, 0.2) is 59.0 Å². The summed E-state index contributed by atoms with van der Waals surface area (Å²) in [7, 11) is 1.73. The Kier molecular flexibility index (Phi) is 19.1. The lowest BCUT2D eigenvalue weighted by Crippen LogP contribution is -2.55. The van der Waals surface area contributed by atoms with E-state index >= 15 is 0 Å². The summed E-state index contributed by atoms with van der Waals surface area (Å²) in [6, 6.07) is 9.74. The number of Topliss-reactive ketones (excluding diaryl/α,β-unsaturated/α-hetero) is 1. The number of carbonyl (C=O) groups is 5. The quantitative estimate of drug-likeness (QED) is 0.0521. The highest BCUT2D eigenvalue weighted by atomic mass is 32.1. The van der Waals surface area contributed by atoms with Crippen LogP contribution in [-0.2, 0) is 30.3 Å². The summed E-state index contributed by atoms with van der Waals surface area (Å²) in [4.78, 5) is 105. The molecule has 2 aliphatic carbocycles. The van der Waals surface area contributed by atoms with Gasteiger partial charge in [0.05, 0.1) is 68.8 Å². The molecule has 9 rings (SSSR count). The van der Waals surface area contributed by atoms with Crippen molar-refractivity contribution in [3.63, 3.8) is 0 Å². The van der Waals surface area contributed by atoms with Crippen molar-refractivity contribution in [3.05, 3.63) is 103 Å². The molecule has 3 amide bonds. The Bertz CT molecular complexity index is 2980. The fourth-order valence-electron chi connectivity index (χ4n) is 11.5. The monoisotopic (exact) mass is 1090 g/mol. The first kappa shape index (κ1) is 56.2. The van der Waals surface area contributed by atoms with Gasteiger partial charge in [0.15, 0.2) is 5.78 Å². The maximum absolute atomic E-state index is 14.2. The Hall–Kier alpha value is -6.48. The number of carbonyl (C=O) groups excluding carboxylic acids is 5. The normalized spacial score (nSPS) is 18.1. The van der Waals surface area contributed by atoms with Crippen molar-refractivity contribution in [1.82, 2.24) is 44.9 Å². The molecule has 78 heavy (non-hydrogen) atoms. The number of hydrogen-bond acceptors (Lipinski definition) is 16. The van der Waals surface area contributed by atoms with Crippen molar-refractivity contribution in [2.75, 3.05) is 77.7 Å². The van der Waals surface area contributed by atoms with Crippen molar-refractivity contribution < 1.29 is 38.2 Å². The van der Waals surface area contributed by atoms with Gasteiger partial charge < -0.3 is 39.5 Å². The van der Waals surface area contributed by atoms with E-state index in [4.69, 9.17) is 29.2 Å². The summed E-state index contributed by atoms with van der Waals surface area (Å²) >= 11 is 1.39. The Morgan fingerprint density at radius 3 is 2.29 bits per heavy atom. The van der Waals surface area contributed by atoms with Crippen LogP contribution in [-0.4, -0.2) is 148 Å². The molecule has 2 saturated carbocycles. The summed E-state index contributed by atoms with van der Waals surface area (Å²) in [5.74, 6) is 0.498. The number of nitrogens with zero attached hydrogens (tertiary/aromatic N) is 8. The summed E-state index contributed by atoms with van der Waals surface area (Å²) < 4.78 is 19.1. The second-order valence-electron chi connectivity index (χ2n) is 21.1. The van der Waals surface area contributed by atoms with Gasteiger partial charge in [-0.15, -0.1) is 11.3 Å². The lowest BCUT2D eigenvalue weighted by molar-refractivity contribution is -0.139. The van der Waals surface area contributed by atoms with Gasteiger partial charge >= 0.3 is 0 Å². The van der Waals surface area contributed by atoms with E-state index in [0.717, 1.165) is 92.4 Å². The van der Waals surface area contributed by atoms with Crippen molar-refractivity contribution in [2.24, 2.45) is 5.92 Å². The fourth-order valence-corrected chi connectivity index (χ4v) is 12.4. The lowest BCUT2D eigenvalue weighted by atomic mass is 9.83. The Morgan fingerprint density at radius 2 is 1.56 bits per heavy atom. The number of ether oxygens (including phenoxy) is 3. The second-order valence-corrected chi connectivity index (χ2v) is 22.0. The zero-order valence-corrected chi connectivity index (χ0v) is 46.3. The summed E-state index contributed by atoms with van der Waals surface area (Å²) in [5.41, 5.74) is 3.68. The largest absolute Gasteiger partial charge is 0.491 e. The molecule has 3 atom stereocenters. The van der Waals surface area contributed by atoms with Gasteiger partial charge in [0.25, 0.3) is 5.56 Å². The molecule has 20 heteroatoms. The molecule has 2 aliphatic heterocycles. The molecule has 6 heterocycles. The number of fused-ring (bicyclic) bond motifs is 1. The molecule has 2 N–H and O–H groups in total. The zero-order chi connectivity index (χ0) is 54.7. The Labute approximate surface area is 459 Å². The number of aryl methyl sites for hydroxylation is 1. The summed E-state index contributed by atoms with van der Waals surface area (Å²) in [5, 5.41) is 9.27. The van der Waals surface area contributed by atoms with E-state index in [1.54, 1.807) is 61.3 Å². The highest BCUT2D eigenvalue weighted by molar-refractivity contribution is 7.10. The number of aromatic nitrogens is 5. The minimum absolute atomic E-state index is 0.0132. The zero-order valence-electron chi connectivity index (χ0n) is 45.5. The maximum atomic E-state index is 14.2. The number of thiazole rings is 1. The number of hydrogen-bond donors (Lipinski definition) is 2. The third-order valence-electron chi connectivity index (χ3n) is 16.0.